The summed E-state index contributed by atoms with van der Waals surface area (Å²) in [5.74, 6) is -0.289. The van der Waals surface area contributed by atoms with E-state index in [9.17, 15) is 14.4 Å². The van der Waals surface area contributed by atoms with Gasteiger partial charge in [-0.15, -0.1) is 0 Å². The topological polar surface area (TPSA) is 52.9 Å². The molecule has 0 radical (unpaired) electrons. The summed E-state index contributed by atoms with van der Waals surface area (Å²) in [6, 6.07) is 6.55. The van der Waals surface area contributed by atoms with Crippen LogP contribution in [0.3, 0.4) is 0 Å². The maximum absolute atomic E-state index is 13.7. The second kappa shape index (κ2) is 6.44. The molecule has 0 unspecified atom stereocenters. The van der Waals surface area contributed by atoms with Gasteiger partial charge in [0, 0.05) is 10.6 Å². The summed E-state index contributed by atoms with van der Waals surface area (Å²) < 4.78 is 13.7. The van der Waals surface area contributed by atoms with Crippen molar-refractivity contribution in [2.45, 2.75) is 44.6 Å². The maximum Gasteiger partial charge on any atom is 0.225 e. The molecule has 112 valence electrons. The number of carbonyl (C=O) groups excluding carboxylic acids is 1. The smallest absolute Gasteiger partial charge is 0.225 e. The zero-order valence-corrected chi connectivity index (χ0v) is 12.7. The van der Waals surface area contributed by atoms with Crippen LogP contribution in [0.2, 0.25) is 5.02 Å². The molecule has 1 fully saturated rings. The van der Waals surface area contributed by atoms with Gasteiger partial charge in [0.25, 0.3) is 0 Å². The van der Waals surface area contributed by atoms with Crippen LogP contribution in [0.25, 0.3) is 0 Å². The van der Waals surface area contributed by atoms with Gasteiger partial charge >= 0.3 is 0 Å². The number of halogens is 2. The zero-order chi connectivity index (χ0) is 15.5. The van der Waals surface area contributed by atoms with Crippen LogP contribution in [0.4, 0.5) is 4.39 Å². The average molecular weight is 309 g/mol. The van der Waals surface area contributed by atoms with E-state index in [1.165, 1.54) is 12.1 Å². The molecule has 1 aliphatic rings. The Labute approximate surface area is 129 Å². The van der Waals surface area contributed by atoms with E-state index in [1.54, 1.807) is 6.07 Å². The summed E-state index contributed by atoms with van der Waals surface area (Å²) in [7, 11) is 0. The Bertz CT molecular complexity index is 554. The molecule has 1 aromatic carbocycles. The standard InChI is InChI=1S/C16H18ClFN2O/c1-11-5-7-16(10-19,8-6-11)20-15(21)9-12-13(17)3-2-4-14(12)18/h2-4,11H,5-9H2,1H3,(H,20,21). The summed E-state index contributed by atoms with van der Waals surface area (Å²) in [5, 5.41) is 12.4. The van der Waals surface area contributed by atoms with Crippen LogP contribution in [-0.4, -0.2) is 11.4 Å². The Morgan fingerprint density at radius 1 is 1.52 bits per heavy atom. The van der Waals surface area contributed by atoms with E-state index < -0.39 is 11.4 Å². The lowest BCUT2D eigenvalue weighted by molar-refractivity contribution is -0.122. The number of nitriles is 1. The second-order valence-electron chi connectivity index (χ2n) is 5.80. The SMILES string of the molecule is CC1CCC(C#N)(NC(=O)Cc2c(F)cccc2Cl)CC1. The quantitative estimate of drug-likeness (QED) is 0.927. The Balaban J connectivity index is 2.06. The van der Waals surface area contributed by atoms with Gasteiger partial charge < -0.3 is 5.32 Å². The van der Waals surface area contributed by atoms with Gasteiger partial charge in [-0.2, -0.15) is 5.26 Å². The highest BCUT2D eigenvalue weighted by atomic mass is 35.5. The molecule has 21 heavy (non-hydrogen) atoms. The van der Waals surface area contributed by atoms with Gasteiger partial charge in [0.1, 0.15) is 11.4 Å². The van der Waals surface area contributed by atoms with E-state index in [0.717, 1.165) is 12.8 Å². The first-order chi connectivity index (χ1) is 9.96. The maximum atomic E-state index is 13.7. The fourth-order valence-electron chi connectivity index (χ4n) is 2.69. The first kappa shape index (κ1) is 15.8. The first-order valence-corrected chi connectivity index (χ1v) is 7.49. The Hall–Kier alpha value is -1.60. The number of rotatable bonds is 3. The molecule has 0 atom stereocenters. The molecule has 1 N–H and O–H groups in total. The highest BCUT2D eigenvalue weighted by Gasteiger charge is 2.35. The Morgan fingerprint density at radius 2 is 2.19 bits per heavy atom. The van der Waals surface area contributed by atoms with E-state index in [-0.39, 0.29) is 22.9 Å². The van der Waals surface area contributed by atoms with Crippen LogP contribution >= 0.6 is 11.6 Å². The van der Waals surface area contributed by atoms with Crippen molar-refractivity contribution >= 4 is 17.5 Å². The summed E-state index contributed by atoms with van der Waals surface area (Å²) >= 11 is 5.92. The fraction of sp³-hybridized carbons (Fsp3) is 0.500. The minimum Gasteiger partial charge on any atom is -0.338 e. The van der Waals surface area contributed by atoms with Crippen LogP contribution in [0, 0.1) is 23.1 Å². The lowest BCUT2D eigenvalue weighted by Crippen LogP contribution is -2.50. The third-order valence-electron chi connectivity index (χ3n) is 4.12. The van der Waals surface area contributed by atoms with Crippen LogP contribution in [-0.2, 0) is 11.2 Å². The third kappa shape index (κ3) is 3.74. The highest BCUT2D eigenvalue weighted by Crippen LogP contribution is 2.31. The predicted octanol–water partition coefficient (Wildman–Crippen LogP) is 3.61. The monoisotopic (exact) mass is 308 g/mol. The summed E-state index contributed by atoms with van der Waals surface area (Å²) in [5.41, 5.74) is -0.643. The molecule has 0 spiro atoms. The van der Waals surface area contributed by atoms with Gasteiger partial charge in [0.15, 0.2) is 0 Å². The number of hydrogen-bond donors (Lipinski definition) is 1. The van der Waals surface area contributed by atoms with Gasteiger partial charge in [-0.25, -0.2) is 4.39 Å². The van der Waals surface area contributed by atoms with Gasteiger partial charge in [0.05, 0.1) is 12.5 Å². The fourth-order valence-corrected chi connectivity index (χ4v) is 2.92. The van der Waals surface area contributed by atoms with Crippen molar-refractivity contribution in [1.82, 2.24) is 5.32 Å². The molecule has 1 saturated carbocycles. The van der Waals surface area contributed by atoms with Crippen molar-refractivity contribution in [3.8, 4) is 6.07 Å². The Morgan fingerprint density at radius 3 is 2.76 bits per heavy atom. The van der Waals surface area contributed by atoms with Gasteiger partial charge in [-0.3, -0.25) is 4.79 Å². The summed E-state index contributed by atoms with van der Waals surface area (Å²) in [4.78, 5) is 12.1. The number of amides is 1. The highest BCUT2D eigenvalue weighted by molar-refractivity contribution is 6.31. The number of benzene rings is 1. The molecular weight excluding hydrogens is 291 g/mol. The van der Waals surface area contributed by atoms with Gasteiger partial charge in [-0.05, 0) is 43.7 Å². The largest absolute Gasteiger partial charge is 0.338 e. The van der Waals surface area contributed by atoms with Crippen molar-refractivity contribution < 1.29 is 9.18 Å². The number of carbonyl (C=O) groups is 1. The Kier molecular flexibility index (Phi) is 4.84. The van der Waals surface area contributed by atoms with Crippen molar-refractivity contribution in [2.75, 3.05) is 0 Å². The predicted molar refractivity (Wildman–Crippen MR) is 79.2 cm³/mol. The van der Waals surface area contributed by atoms with Crippen LogP contribution < -0.4 is 5.32 Å². The number of hydrogen-bond acceptors (Lipinski definition) is 2. The number of nitrogens with zero attached hydrogens (tertiary/aromatic N) is 1. The molecule has 0 bridgehead atoms. The molecular formula is C16H18ClFN2O. The van der Waals surface area contributed by atoms with Crippen LogP contribution in [0.5, 0.6) is 0 Å². The van der Waals surface area contributed by atoms with E-state index in [4.69, 9.17) is 11.6 Å². The van der Waals surface area contributed by atoms with Crippen LogP contribution in [0.1, 0.15) is 38.2 Å². The number of nitrogens with one attached hydrogen (secondary N) is 1. The molecule has 3 nitrogen and oxygen atoms in total. The van der Waals surface area contributed by atoms with Crippen LogP contribution in [0.15, 0.2) is 18.2 Å². The van der Waals surface area contributed by atoms with E-state index >= 15 is 0 Å². The molecule has 1 aromatic rings. The van der Waals surface area contributed by atoms with Crippen molar-refractivity contribution in [3.05, 3.63) is 34.6 Å². The van der Waals surface area contributed by atoms with Gasteiger partial charge in [0.2, 0.25) is 5.91 Å². The summed E-state index contributed by atoms with van der Waals surface area (Å²) in [6.45, 7) is 2.14. The lowest BCUT2D eigenvalue weighted by Gasteiger charge is -2.34. The normalized spacial score (nSPS) is 25.1. The lowest BCUT2D eigenvalue weighted by atomic mass is 9.78. The molecule has 1 aliphatic carbocycles. The van der Waals surface area contributed by atoms with E-state index in [2.05, 4.69) is 18.3 Å². The van der Waals surface area contributed by atoms with E-state index in [1.807, 2.05) is 0 Å². The third-order valence-corrected chi connectivity index (χ3v) is 4.47. The minimum atomic E-state index is -0.818. The minimum absolute atomic E-state index is 0.148. The first-order valence-electron chi connectivity index (χ1n) is 7.11. The van der Waals surface area contributed by atoms with Crippen molar-refractivity contribution in [3.63, 3.8) is 0 Å². The molecule has 2 rings (SSSR count). The van der Waals surface area contributed by atoms with Crippen molar-refractivity contribution in [2.24, 2.45) is 5.92 Å². The molecule has 0 heterocycles. The molecule has 5 heteroatoms. The molecule has 1 amide bonds. The van der Waals surface area contributed by atoms with E-state index in [0.29, 0.717) is 18.8 Å². The van der Waals surface area contributed by atoms with Gasteiger partial charge in [-0.1, -0.05) is 24.6 Å². The zero-order valence-electron chi connectivity index (χ0n) is 12.0. The molecule has 0 aromatic heterocycles. The molecule has 0 aliphatic heterocycles. The molecule has 0 saturated heterocycles. The van der Waals surface area contributed by atoms with Crippen molar-refractivity contribution in [1.29, 1.82) is 5.26 Å². The summed E-state index contributed by atoms with van der Waals surface area (Å²) in [6.07, 6.45) is 2.95. The average Bonchev–Trinajstić information content (AvgIpc) is 2.46. The second-order valence-corrected chi connectivity index (χ2v) is 6.21.